The van der Waals surface area contributed by atoms with Crippen molar-refractivity contribution in [1.29, 1.82) is 0 Å². The molecule has 0 aliphatic heterocycles. The number of aromatic nitrogens is 2. The van der Waals surface area contributed by atoms with E-state index in [1.54, 1.807) is 36.4 Å². The van der Waals surface area contributed by atoms with Crippen molar-refractivity contribution < 1.29 is 13.9 Å². The number of nitrogens with zero attached hydrogens (tertiary/aromatic N) is 2. The maximum Gasteiger partial charge on any atom is 0.254 e. The largest absolute Gasteiger partial charge is 0.484 e. The third-order valence-electron chi connectivity index (χ3n) is 2.92. The van der Waals surface area contributed by atoms with E-state index >= 15 is 0 Å². The lowest BCUT2D eigenvalue weighted by molar-refractivity contribution is 0.112. The first-order valence-electron chi connectivity index (χ1n) is 6.51. The molecule has 0 aliphatic rings. The van der Waals surface area contributed by atoms with Crippen molar-refractivity contribution in [2.75, 3.05) is 0 Å². The van der Waals surface area contributed by atoms with Gasteiger partial charge in [-0.05, 0) is 42.5 Å². The number of halogens is 1. The molecule has 0 saturated heterocycles. The van der Waals surface area contributed by atoms with Crippen molar-refractivity contribution in [2.45, 2.75) is 6.61 Å². The normalized spacial score (nSPS) is 10.4. The van der Waals surface area contributed by atoms with Crippen LogP contribution in [0.3, 0.4) is 0 Å². The third kappa shape index (κ3) is 3.32. The van der Waals surface area contributed by atoms with Crippen LogP contribution < -0.4 is 4.74 Å². The second-order valence-corrected chi connectivity index (χ2v) is 4.92. The SMILES string of the molecule is O=Cc1ccc(OCc2nnc(-c3cccc(Cl)c3)o2)cc1. The molecule has 0 atom stereocenters. The Hall–Kier alpha value is -2.66. The van der Waals surface area contributed by atoms with E-state index in [0.717, 1.165) is 11.8 Å². The molecule has 0 saturated carbocycles. The Kier molecular flexibility index (Phi) is 4.16. The molecular formula is C16H11ClN2O3. The van der Waals surface area contributed by atoms with Gasteiger partial charge in [0.25, 0.3) is 5.89 Å². The lowest BCUT2D eigenvalue weighted by Crippen LogP contribution is -1.95. The number of carbonyl (C=O) groups excluding carboxylic acids is 1. The highest BCUT2D eigenvalue weighted by Crippen LogP contribution is 2.22. The van der Waals surface area contributed by atoms with Gasteiger partial charge < -0.3 is 9.15 Å². The number of carbonyl (C=O) groups is 1. The molecule has 0 fully saturated rings. The van der Waals surface area contributed by atoms with Crippen molar-refractivity contribution in [3.63, 3.8) is 0 Å². The maximum atomic E-state index is 10.6. The van der Waals surface area contributed by atoms with Gasteiger partial charge in [-0.2, -0.15) is 0 Å². The van der Waals surface area contributed by atoms with Crippen LogP contribution in [0.15, 0.2) is 52.9 Å². The molecule has 0 aliphatic carbocycles. The van der Waals surface area contributed by atoms with Crippen LogP contribution in [0.1, 0.15) is 16.2 Å². The molecule has 0 amide bonds. The molecule has 0 bridgehead atoms. The van der Waals surface area contributed by atoms with Gasteiger partial charge in [-0.25, -0.2) is 0 Å². The fourth-order valence-electron chi connectivity index (χ4n) is 1.84. The first-order valence-corrected chi connectivity index (χ1v) is 6.89. The van der Waals surface area contributed by atoms with Gasteiger partial charge in [0.1, 0.15) is 12.0 Å². The Bertz CT molecular complexity index is 784. The standard InChI is InChI=1S/C16H11ClN2O3/c17-13-3-1-2-12(8-13)16-19-18-15(22-16)10-21-14-6-4-11(9-20)5-7-14/h1-9H,10H2. The van der Waals surface area contributed by atoms with Crippen molar-refractivity contribution in [1.82, 2.24) is 10.2 Å². The number of ether oxygens (including phenoxy) is 1. The van der Waals surface area contributed by atoms with E-state index in [4.69, 9.17) is 20.8 Å². The predicted molar refractivity (Wildman–Crippen MR) is 80.9 cm³/mol. The second kappa shape index (κ2) is 6.41. The zero-order valence-electron chi connectivity index (χ0n) is 11.4. The fourth-order valence-corrected chi connectivity index (χ4v) is 2.03. The molecule has 0 unspecified atom stereocenters. The summed E-state index contributed by atoms with van der Waals surface area (Å²) in [4.78, 5) is 10.6. The Balaban J connectivity index is 1.67. The summed E-state index contributed by atoms with van der Waals surface area (Å²) in [7, 11) is 0. The van der Waals surface area contributed by atoms with Gasteiger partial charge in [0.05, 0.1) is 0 Å². The van der Waals surface area contributed by atoms with E-state index in [-0.39, 0.29) is 6.61 Å². The van der Waals surface area contributed by atoms with E-state index in [1.165, 1.54) is 0 Å². The van der Waals surface area contributed by atoms with Crippen LogP contribution in [0.5, 0.6) is 5.75 Å². The van der Waals surface area contributed by atoms with Gasteiger partial charge in [-0.15, -0.1) is 10.2 Å². The highest BCUT2D eigenvalue weighted by atomic mass is 35.5. The smallest absolute Gasteiger partial charge is 0.254 e. The number of hydrogen-bond acceptors (Lipinski definition) is 5. The minimum absolute atomic E-state index is 0.147. The first-order chi connectivity index (χ1) is 10.7. The van der Waals surface area contributed by atoms with Gasteiger partial charge in [-0.3, -0.25) is 4.79 Å². The molecule has 22 heavy (non-hydrogen) atoms. The Morgan fingerprint density at radius 3 is 2.68 bits per heavy atom. The van der Waals surface area contributed by atoms with Crippen LogP contribution in [-0.2, 0) is 6.61 Å². The number of rotatable bonds is 5. The van der Waals surface area contributed by atoms with E-state index in [1.807, 2.05) is 12.1 Å². The molecule has 5 nitrogen and oxygen atoms in total. The maximum absolute atomic E-state index is 10.6. The van der Waals surface area contributed by atoms with E-state index in [0.29, 0.717) is 28.1 Å². The van der Waals surface area contributed by atoms with Crippen LogP contribution in [0.4, 0.5) is 0 Å². The zero-order valence-corrected chi connectivity index (χ0v) is 12.2. The van der Waals surface area contributed by atoms with Crippen LogP contribution in [0.2, 0.25) is 5.02 Å². The summed E-state index contributed by atoms with van der Waals surface area (Å²) >= 11 is 5.93. The molecule has 110 valence electrons. The number of benzene rings is 2. The summed E-state index contributed by atoms with van der Waals surface area (Å²) in [5, 5.41) is 8.50. The minimum atomic E-state index is 0.147. The highest BCUT2D eigenvalue weighted by Gasteiger charge is 2.09. The quantitative estimate of drug-likeness (QED) is 0.670. The van der Waals surface area contributed by atoms with Crippen LogP contribution in [-0.4, -0.2) is 16.5 Å². The van der Waals surface area contributed by atoms with Crippen molar-refractivity contribution in [3.8, 4) is 17.2 Å². The van der Waals surface area contributed by atoms with E-state index in [2.05, 4.69) is 10.2 Å². The molecular weight excluding hydrogens is 304 g/mol. The summed E-state index contributed by atoms with van der Waals surface area (Å²) in [6.07, 6.45) is 0.777. The summed E-state index contributed by atoms with van der Waals surface area (Å²) in [6, 6.07) is 13.9. The molecule has 0 N–H and O–H groups in total. The first kappa shape index (κ1) is 14.3. The summed E-state index contributed by atoms with van der Waals surface area (Å²) < 4.78 is 11.1. The van der Waals surface area contributed by atoms with Gasteiger partial charge in [-0.1, -0.05) is 17.7 Å². The third-order valence-corrected chi connectivity index (χ3v) is 3.15. The minimum Gasteiger partial charge on any atom is -0.484 e. The lowest BCUT2D eigenvalue weighted by atomic mass is 10.2. The zero-order chi connectivity index (χ0) is 15.4. The van der Waals surface area contributed by atoms with Gasteiger partial charge >= 0.3 is 0 Å². The van der Waals surface area contributed by atoms with Crippen LogP contribution in [0, 0.1) is 0 Å². The molecule has 0 spiro atoms. The predicted octanol–water partition coefficient (Wildman–Crippen LogP) is 3.78. The topological polar surface area (TPSA) is 65.2 Å². The Labute approximate surface area is 131 Å². The molecule has 2 aromatic carbocycles. The summed E-state index contributed by atoms with van der Waals surface area (Å²) in [5.41, 5.74) is 1.34. The fraction of sp³-hybridized carbons (Fsp3) is 0.0625. The van der Waals surface area contributed by atoms with Crippen LogP contribution >= 0.6 is 11.6 Å². The molecule has 3 aromatic rings. The average molecular weight is 315 g/mol. The van der Waals surface area contributed by atoms with Crippen molar-refractivity contribution >= 4 is 17.9 Å². The lowest BCUT2D eigenvalue weighted by Gasteiger charge is -2.02. The molecule has 0 radical (unpaired) electrons. The van der Waals surface area contributed by atoms with Gasteiger partial charge in [0, 0.05) is 16.1 Å². The number of hydrogen-bond donors (Lipinski definition) is 0. The summed E-state index contributed by atoms with van der Waals surface area (Å²) in [6.45, 7) is 0.147. The van der Waals surface area contributed by atoms with Crippen molar-refractivity contribution in [2.24, 2.45) is 0 Å². The molecule has 1 aromatic heterocycles. The van der Waals surface area contributed by atoms with E-state index in [9.17, 15) is 4.79 Å². The molecule has 3 rings (SSSR count). The monoisotopic (exact) mass is 314 g/mol. The second-order valence-electron chi connectivity index (χ2n) is 4.49. The van der Waals surface area contributed by atoms with Gasteiger partial charge in [0.2, 0.25) is 5.89 Å². The van der Waals surface area contributed by atoms with Crippen molar-refractivity contribution in [3.05, 3.63) is 65.0 Å². The van der Waals surface area contributed by atoms with Crippen LogP contribution in [0.25, 0.3) is 11.5 Å². The Morgan fingerprint density at radius 1 is 1.14 bits per heavy atom. The highest BCUT2D eigenvalue weighted by molar-refractivity contribution is 6.30. The molecule has 6 heteroatoms. The van der Waals surface area contributed by atoms with E-state index < -0.39 is 0 Å². The van der Waals surface area contributed by atoms with Gasteiger partial charge in [0.15, 0.2) is 6.61 Å². The number of aldehydes is 1. The Morgan fingerprint density at radius 2 is 1.95 bits per heavy atom. The molecule has 1 heterocycles. The summed E-state index contributed by atoms with van der Waals surface area (Å²) in [5.74, 6) is 1.36. The average Bonchev–Trinajstić information content (AvgIpc) is 3.02.